The van der Waals surface area contributed by atoms with Crippen LogP contribution < -0.4 is 24.4 Å². The van der Waals surface area contributed by atoms with Gasteiger partial charge in [-0.2, -0.15) is 18.3 Å². The van der Waals surface area contributed by atoms with E-state index in [-0.39, 0.29) is 23.7 Å². The van der Waals surface area contributed by atoms with Gasteiger partial charge in [0.15, 0.2) is 23.0 Å². The maximum atomic E-state index is 13.0. The molecule has 0 bridgehead atoms. The summed E-state index contributed by atoms with van der Waals surface area (Å²) in [6.45, 7) is 1.89. The highest BCUT2D eigenvalue weighted by Gasteiger charge is 2.33. The molecule has 0 unspecified atom stereocenters. The van der Waals surface area contributed by atoms with Crippen molar-refractivity contribution in [2.75, 3.05) is 20.8 Å². The van der Waals surface area contributed by atoms with Gasteiger partial charge in [0.2, 0.25) is 5.75 Å². The average molecular weight is 659 g/mol. The molecular formula is C25H21F3IN3O7. The summed E-state index contributed by atoms with van der Waals surface area (Å²) in [6, 6.07) is 9.67. The fraction of sp³-hybridized carbons (Fsp3) is 0.200. The number of hydrogen-bond acceptors (Lipinski definition) is 8. The van der Waals surface area contributed by atoms with E-state index in [0.29, 0.717) is 32.8 Å². The molecule has 0 aliphatic rings. The lowest BCUT2D eigenvalue weighted by atomic mass is 10.1. The minimum atomic E-state index is -4.76. The second-order valence-corrected chi connectivity index (χ2v) is 8.73. The van der Waals surface area contributed by atoms with Gasteiger partial charge in [-0.15, -0.1) is 0 Å². The van der Waals surface area contributed by atoms with Gasteiger partial charge in [-0.25, -0.2) is 5.43 Å². The normalized spacial score (nSPS) is 11.3. The fourth-order valence-electron chi connectivity index (χ4n) is 3.26. The van der Waals surface area contributed by atoms with Crippen LogP contribution in [0.4, 0.5) is 18.9 Å². The van der Waals surface area contributed by atoms with Crippen LogP contribution >= 0.6 is 22.6 Å². The number of carbonyl (C=O) groups is 1. The Kier molecular flexibility index (Phi) is 9.56. The number of carbonyl (C=O) groups excluding carboxylic acids is 1. The van der Waals surface area contributed by atoms with Crippen LogP contribution in [0.1, 0.15) is 28.4 Å². The van der Waals surface area contributed by atoms with Crippen LogP contribution in [0.3, 0.4) is 0 Å². The van der Waals surface area contributed by atoms with E-state index in [1.165, 1.54) is 38.6 Å². The second-order valence-electron chi connectivity index (χ2n) is 7.57. The summed E-state index contributed by atoms with van der Waals surface area (Å²) in [5.41, 5.74) is 1.11. The predicted octanol–water partition coefficient (Wildman–Crippen LogP) is 6.19. The van der Waals surface area contributed by atoms with Crippen molar-refractivity contribution < 1.29 is 41.8 Å². The number of nitrogens with zero attached hydrogens (tertiary/aromatic N) is 2. The summed E-state index contributed by atoms with van der Waals surface area (Å²) in [7, 11) is 2.92. The molecule has 1 N–H and O–H groups in total. The first kappa shape index (κ1) is 29.5. The molecule has 39 heavy (non-hydrogen) atoms. The minimum Gasteiger partial charge on any atom is -0.493 e. The number of halogens is 4. The SMILES string of the molecule is CCOc1cc(/C=N/NC(=O)c2ccc(OC)c(OC)c2)cc(I)c1Oc1ccc(C(F)(F)F)cc1[N+](=O)[O-]. The molecule has 3 aromatic rings. The van der Waals surface area contributed by atoms with Gasteiger partial charge in [0, 0.05) is 11.6 Å². The Morgan fingerprint density at radius 1 is 1.05 bits per heavy atom. The van der Waals surface area contributed by atoms with Gasteiger partial charge in [0.05, 0.1) is 41.1 Å². The summed E-state index contributed by atoms with van der Waals surface area (Å²) in [5, 5.41) is 15.4. The number of alkyl halides is 3. The van der Waals surface area contributed by atoms with Crippen molar-refractivity contribution in [3.8, 4) is 28.7 Å². The van der Waals surface area contributed by atoms with E-state index < -0.39 is 34.0 Å². The van der Waals surface area contributed by atoms with Crippen LogP contribution in [0.2, 0.25) is 0 Å². The molecule has 0 radical (unpaired) electrons. The van der Waals surface area contributed by atoms with E-state index in [2.05, 4.69) is 10.5 Å². The third-order valence-corrected chi connectivity index (χ3v) is 5.85. The first-order valence-corrected chi connectivity index (χ1v) is 12.1. The van der Waals surface area contributed by atoms with Crippen molar-refractivity contribution in [2.45, 2.75) is 13.1 Å². The Labute approximate surface area is 234 Å². The maximum absolute atomic E-state index is 13.0. The molecule has 206 valence electrons. The number of nitrogens with one attached hydrogen (secondary N) is 1. The van der Waals surface area contributed by atoms with Gasteiger partial charge >= 0.3 is 11.9 Å². The number of ether oxygens (including phenoxy) is 4. The predicted molar refractivity (Wildman–Crippen MR) is 143 cm³/mol. The lowest BCUT2D eigenvalue weighted by Gasteiger charge is -2.15. The molecule has 0 aromatic heterocycles. The molecule has 0 saturated carbocycles. The molecule has 0 aliphatic heterocycles. The van der Waals surface area contributed by atoms with Gasteiger partial charge in [0.1, 0.15) is 0 Å². The number of rotatable bonds is 10. The third kappa shape index (κ3) is 7.28. The minimum absolute atomic E-state index is 0.0619. The summed E-state index contributed by atoms with van der Waals surface area (Å²) in [4.78, 5) is 23.0. The largest absolute Gasteiger partial charge is 0.493 e. The average Bonchev–Trinajstić information content (AvgIpc) is 2.89. The van der Waals surface area contributed by atoms with E-state index in [9.17, 15) is 28.1 Å². The Bertz CT molecular complexity index is 1410. The van der Waals surface area contributed by atoms with Crippen LogP contribution in [-0.4, -0.2) is 37.9 Å². The van der Waals surface area contributed by atoms with Gasteiger partial charge in [0.25, 0.3) is 5.91 Å². The molecule has 3 aromatic carbocycles. The molecular weight excluding hydrogens is 638 g/mol. The first-order valence-electron chi connectivity index (χ1n) is 11.0. The molecule has 0 heterocycles. The number of amides is 1. The molecule has 10 nitrogen and oxygen atoms in total. The lowest BCUT2D eigenvalue weighted by Crippen LogP contribution is -2.17. The highest BCUT2D eigenvalue weighted by atomic mass is 127. The van der Waals surface area contributed by atoms with Gasteiger partial charge in [-0.05, 0) is 77.5 Å². The van der Waals surface area contributed by atoms with E-state index >= 15 is 0 Å². The first-order chi connectivity index (χ1) is 18.5. The zero-order valence-electron chi connectivity index (χ0n) is 20.7. The highest BCUT2D eigenvalue weighted by molar-refractivity contribution is 14.1. The van der Waals surface area contributed by atoms with E-state index in [1.54, 1.807) is 19.1 Å². The number of benzene rings is 3. The fourth-order valence-corrected chi connectivity index (χ4v) is 4.00. The molecule has 14 heteroatoms. The standard InChI is InChI=1S/C25H21F3IN3O7/c1-4-38-22-10-14(13-30-31-24(33)15-5-7-20(36-2)21(11-15)37-3)9-17(29)23(22)39-19-8-6-16(25(26,27)28)12-18(19)32(34)35/h5-13H,4H2,1-3H3,(H,31,33)/b30-13+. The highest BCUT2D eigenvalue weighted by Crippen LogP contribution is 2.42. The van der Waals surface area contributed by atoms with Crippen molar-refractivity contribution in [2.24, 2.45) is 5.10 Å². The van der Waals surface area contributed by atoms with Crippen LogP contribution in [0.15, 0.2) is 53.6 Å². The quantitative estimate of drug-likeness (QED) is 0.119. The zero-order chi connectivity index (χ0) is 28.7. The third-order valence-electron chi connectivity index (χ3n) is 5.05. The number of methoxy groups -OCH3 is 2. The molecule has 1 amide bonds. The van der Waals surface area contributed by atoms with Crippen LogP contribution in [0.25, 0.3) is 0 Å². The summed E-state index contributed by atoms with van der Waals surface area (Å²) < 4.78 is 61.1. The maximum Gasteiger partial charge on any atom is 0.416 e. The van der Waals surface area contributed by atoms with E-state index in [4.69, 9.17) is 18.9 Å². The van der Waals surface area contributed by atoms with E-state index in [1.807, 2.05) is 22.6 Å². The summed E-state index contributed by atoms with van der Waals surface area (Å²) in [5.74, 6) is 0.142. The molecule has 0 saturated heterocycles. The van der Waals surface area contributed by atoms with Gasteiger partial charge in [-0.1, -0.05) is 0 Å². The van der Waals surface area contributed by atoms with Crippen LogP contribution in [0, 0.1) is 13.7 Å². The van der Waals surface area contributed by atoms with Crippen LogP contribution in [0.5, 0.6) is 28.7 Å². The Balaban J connectivity index is 1.86. The van der Waals surface area contributed by atoms with Crippen molar-refractivity contribution in [1.82, 2.24) is 5.43 Å². The van der Waals surface area contributed by atoms with Crippen molar-refractivity contribution in [3.63, 3.8) is 0 Å². The van der Waals surface area contributed by atoms with Gasteiger partial charge in [-0.3, -0.25) is 14.9 Å². The number of hydrazone groups is 1. The van der Waals surface area contributed by atoms with Crippen molar-refractivity contribution in [1.29, 1.82) is 0 Å². The Morgan fingerprint density at radius 3 is 2.36 bits per heavy atom. The van der Waals surface area contributed by atoms with Gasteiger partial charge < -0.3 is 18.9 Å². The topological polar surface area (TPSA) is 122 Å². The number of nitro groups is 1. The van der Waals surface area contributed by atoms with Crippen LogP contribution in [-0.2, 0) is 6.18 Å². The monoisotopic (exact) mass is 659 g/mol. The molecule has 0 aliphatic carbocycles. The Morgan fingerprint density at radius 2 is 1.74 bits per heavy atom. The smallest absolute Gasteiger partial charge is 0.416 e. The second kappa shape index (κ2) is 12.6. The number of hydrogen-bond donors (Lipinski definition) is 1. The molecule has 3 rings (SSSR count). The van der Waals surface area contributed by atoms with Crippen molar-refractivity contribution in [3.05, 3.63) is 78.9 Å². The molecule has 0 fully saturated rings. The molecule has 0 spiro atoms. The lowest BCUT2D eigenvalue weighted by molar-refractivity contribution is -0.385. The summed E-state index contributed by atoms with van der Waals surface area (Å²) >= 11 is 1.89. The zero-order valence-corrected chi connectivity index (χ0v) is 22.8. The summed E-state index contributed by atoms with van der Waals surface area (Å²) in [6.07, 6.45) is -3.42. The molecule has 0 atom stereocenters. The Hall–Kier alpha value is -4.08. The number of nitro benzene ring substituents is 1. The van der Waals surface area contributed by atoms with Crippen molar-refractivity contribution >= 4 is 40.4 Å². The van der Waals surface area contributed by atoms with E-state index in [0.717, 1.165) is 6.07 Å².